The van der Waals surface area contributed by atoms with Gasteiger partial charge in [-0.3, -0.25) is 0 Å². The van der Waals surface area contributed by atoms with Crippen molar-refractivity contribution < 1.29 is 9.67 Å². The molecule has 0 aliphatic carbocycles. The minimum atomic E-state index is 0.200. The third kappa shape index (κ3) is 1.21. The van der Waals surface area contributed by atoms with Gasteiger partial charge in [0.15, 0.2) is 6.54 Å². The molecule has 0 aliphatic rings. The monoisotopic (exact) mass is 180 g/mol. The summed E-state index contributed by atoms with van der Waals surface area (Å²) in [6, 6.07) is 8.21. The third-order valence-corrected chi connectivity index (χ3v) is 2.78. The molecule has 0 unspecified atom stereocenters. The van der Waals surface area contributed by atoms with E-state index in [1.54, 1.807) is 11.3 Å². The minimum absolute atomic E-state index is 0.200. The van der Waals surface area contributed by atoms with Gasteiger partial charge in [0, 0.05) is 6.07 Å². The number of hydrogen-bond donors (Lipinski definition) is 1. The van der Waals surface area contributed by atoms with E-state index in [9.17, 15) is 0 Å². The Labute approximate surface area is 74.7 Å². The second kappa shape index (κ2) is 3.21. The maximum atomic E-state index is 8.78. The number of para-hydroxylation sites is 1. The number of rotatable bonds is 2. The Morgan fingerprint density at radius 1 is 1.33 bits per heavy atom. The van der Waals surface area contributed by atoms with Crippen molar-refractivity contribution in [1.29, 1.82) is 0 Å². The number of fused-ring (bicyclic) bond motifs is 1. The molecule has 0 aliphatic heterocycles. The van der Waals surface area contributed by atoms with Crippen molar-refractivity contribution in [2.24, 2.45) is 0 Å². The van der Waals surface area contributed by atoms with Crippen LogP contribution in [0.3, 0.4) is 0 Å². The second-order valence-electron chi connectivity index (χ2n) is 2.61. The molecule has 1 N–H and O–H groups in total. The van der Waals surface area contributed by atoms with E-state index < -0.39 is 0 Å². The van der Waals surface area contributed by atoms with Gasteiger partial charge in [-0.25, -0.2) is 0 Å². The fourth-order valence-electron chi connectivity index (χ4n) is 1.25. The van der Waals surface area contributed by atoms with Gasteiger partial charge in [0.05, 0.1) is 0 Å². The molecular weight excluding hydrogens is 170 g/mol. The maximum absolute atomic E-state index is 8.78. The van der Waals surface area contributed by atoms with Crippen molar-refractivity contribution in [3.8, 4) is 0 Å². The summed E-state index contributed by atoms with van der Waals surface area (Å²) in [5, 5.41) is 8.78. The summed E-state index contributed by atoms with van der Waals surface area (Å²) < 4.78 is 3.34. The fourth-order valence-corrected chi connectivity index (χ4v) is 2.18. The molecule has 1 heterocycles. The molecule has 2 nitrogen and oxygen atoms in total. The molecule has 0 amide bonds. The number of benzene rings is 1. The van der Waals surface area contributed by atoms with Crippen LogP contribution in [0, 0.1) is 0 Å². The summed E-state index contributed by atoms with van der Waals surface area (Å²) in [5.74, 6) is 0. The SMILES string of the molecule is OCC[n+]1csc2ccccc21. The predicted molar refractivity (Wildman–Crippen MR) is 49.1 cm³/mol. The molecular formula is C9H10NOS+. The number of hydrogen-bond acceptors (Lipinski definition) is 2. The molecule has 0 bridgehead atoms. The maximum Gasteiger partial charge on any atom is 0.225 e. The molecule has 0 atom stereocenters. The lowest BCUT2D eigenvalue weighted by molar-refractivity contribution is -0.668. The topological polar surface area (TPSA) is 24.1 Å². The average molecular weight is 180 g/mol. The standard InChI is InChI=1S/C9H10NOS/c11-6-5-10-7-12-9-4-2-1-3-8(9)10/h1-4,7,11H,5-6H2/q+1. The van der Waals surface area contributed by atoms with E-state index in [1.165, 1.54) is 10.2 Å². The first kappa shape index (κ1) is 7.71. The minimum Gasteiger partial charge on any atom is -0.390 e. The van der Waals surface area contributed by atoms with E-state index in [2.05, 4.69) is 16.7 Å². The Kier molecular flexibility index (Phi) is 2.06. The van der Waals surface area contributed by atoms with Crippen LogP contribution in [0.1, 0.15) is 0 Å². The van der Waals surface area contributed by atoms with Gasteiger partial charge in [0.2, 0.25) is 11.0 Å². The average Bonchev–Trinajstić information content (AvgIpc) is 2.50. The van der Waals surface area contributed by atoms with Crippen molar-refractivity contribution in [1.82, 2.24) is 0 Å². The molecule has 12 heavy (non-hydrogen) atoms. The summed E-state index contributed by atoms with van der Waals surface area (Å²) in [4.78, 5) is 0. The van der Waals surface area contributed by atoms with Gasteiger partial charge in [0.1, 0.15) is 11.3 Å². The van der Waals surface area contributed by atoms with Crippen molar-refractivity contribution >= 4 is 21.6 Å². The highest BCUT2D eigenvalue weighted by atomic mass is 32.1. The van der Waals surface area contributed by atoms with E-state index in [0.717, 1.165) is 0 Å². The quantitative estimate of drug-likeness (QED) is 0.689. The summed E-state index contributed by atoms with van der Waals surface area (Å²) in [5.41, 5.74) is 3.25. The molecule has 0 saturated carbocycles. The third-order valence-electron chi connectivity index (χ3n) is 1.82. The van der Waals surface area contributed by atoms with E-state index in [4.69, 9.17) is 5.11 Å². The number of thiazole rings is 1. The van der Waals surface area contributed by atoms with Crippen molar-refractivity contribution in [3.05, 3.63) is 29.8 Å². The lowest BCUT2D eigenvalue weighted by atomic mass is 10.3. The van der Waals surface area contributed by atoms with Gasteiger partial charge in [-0.1, -0.05) is 23.5 Å². The summed E-state index contributed by atoms with van der Waals surface area (Å²) in [6.45, 7) is 0.884. The first-order valence-corrected chi connectivity index (χ1v) is 4.76. The molecule has 0 fully saturated rings. The van der Waals surface area contributed by atoms with Crippen LogP contribution < -0.4 is 4.57 Å². The summed E-state index contributed by atoms with van der Waals surface area (Å²) in [6.07, 6.45) is 0. The van der Waals surface area contributed by atoms with Gasteiger partial charge in [-0.15, -0.1) is 0 Å². The van der Waals surface area contributed by atoms with Gasteiger partial charge >= 0.3 is 0 Å². The van der Waals surface area contributed by atoms with Crippen LogP contribution in [0.2, 0.25) is 0 Å². The molecule has 3 heteroatoms. The van der Waals surface area contributed by atoms with Crippen LogP contribution in [0.15, 0.2) is 29.8 Å². The molecule has 1 aromatic heterocycles. The first-order chi connectivity index (χ1) is 5.92. The highest BCUT2D eigenvalue weighted by molar-refractivity contribution is 7.16. The van der Waals surface area contributed by atoms with Crippen LogP contribution in [0.25, 0.3) is 10.2 Å². The van der Waals surface area contributed by atoms with Gasteiger partial charge in [-0.2, -0.15) is 4.57 Å². The lowest BCUT2D eigenvalue weighted by Gasteiger charge is -1.88. The Balaban J connectivity index is 2.55. The highest BCUT2D eigenvalue weighted by Crippen LogP contribution is 2.14. The van der Waals surface area contributed by atoms with Gasteiger partial charge in [-0.05, 0) is 6.07 Å². The smallest absolute Gasteiger partial charge is 0.225 e. The molecule has 2 rings (SSSR count). The van der Waals surface area contributed by atoms with Gasteiger partial charge < -0.3 is 5.11 Å². The van der Waals surface area contributed by atoms with Crippen molar-refractivity contribution in [2.75, 3.05) is 6.61 Å². The summed E-state index contributed by atoms with van der Waals surface area (Å²) in [7, 11) is 0. The Morgan fingerprint density at radius 3 is 3.00 bits per heavy atom. The molecule has 0 spiro atoms. The van der Waals surface area contributed by atoms with Gasteiger partial charge in [0.25, 0.3) is 0 Å². The number of aliphatic hydroxyl groups is 1. The van der Waals surface area contributed by atoms with Crippen LogP contribution >= 0.6 is 11.3 Å². The van der Waals surface area contributed by atoms with Crippen molar-refractivity contribution in [3.63, 3.8) is 0 Å². The molecule has 2 aromatic rings. The zero-order valence-corrected chi connectivity index (χ0v) is 7.42. The van der Waals surface area contributed by atoms with Crippen LogP contribution in [0.5, 0.6) is 0 Å². The van der Waals surface area contributed by atoms with E-state index in [0.29, 0.717) is 6.54 Å². The number of aliphatic hydroxyl groups excluding tert-OH is 1. The van der Waals surface area contributed by atoms with Crippen LogP contribution in [-0.4, -0.2) is 11.7 Å². The van der Waals surface area contributed by atoms with E-state index in [-0.39, 0.29) is 6.61 Å². The van der Waals surface area contributed by atoms with Crippen LogP contribution in [-0.2, 0) is 6.54 Å². The lowest BCUT2D eigenvalue weighted by Crippen LogP contribution is -2.33. The fraction of sp³-hybridized carbons (Fsp3) is 0.222. The Bertz CT molecular complexity index is 383. The largest absolute Gasteiger partial charge is 0.390 e. The normalized spacial score (nSPS) is 10.8. The molecule has 0 saturated heterocycles. The van der Waals surface area contributed by atoms with E-state index >= 15 is 0 Å². The number of nitrogens with zero attached hydrogens (tertiary/aromatic N) is 1. The second-order valence-corrected chi connectivity index (χ2v) is 3.49. The molecule has 62 valence electrons. The summed E-state index contributed by atoms with van der Waals surface area (Å²) >= 11 is 1.71. The zero-order valence-electron chi connectivity index (χ0n) is 6.60. The first-order valence-electron chi connectivity index (χ1n) is 3.88. The zero-order chi connectivity index (χ0) is 8.39. The number of aromatic nitrogens is 1. The van der Waals surface area contributed by atoms with Crippen LogP contribution in [0.4, 0.5) is 0 Å². The van der Waals surface area contributed by atoms with Crippen molar-refractivity contribution in [2.45, 2.75) is 6.54 Å². The molecule has 1 aromatic carbocycles. The Hall–Kier alpha value is -0.930. The predicted octanol–water partition coefficient (Wildman–Crippen LogP) is 1.18. The molecule has 0 radical (unpaired) electrons. The van der Waals surface area contributed by atoms with E-state index in [1.807, 2.05) is 17.6 Å². The highest BCUT2D eigenvalue weighted by Gasteiger charge is 2.08. The Morgan fingerprint density at radius 2 is 2.17 bits per heavy atom.